The summed E-state index contributed by atoms with van der Waals surface area (Å²) in [6.07, 6.45) is 8.23. The predicted octanol–water partition coefficient (Wildman–Crippen LogP) is 4.17. The number of nitrogens with one attached hydrogen (secondary N) is 1. The first-order valence-electron chi connectivity index (χ1n) is 8.70. The average Bonchev–Trinajstić information content (AvgIpc) is 2.64. The molecule has 0 aliphatic heterocycles. The second kappa shape index (κ2) is 9.54. The monoisotopic (exact) mass is 358 g/mol. The molecule has 0 radical (unpaired) electrons. The van der Waals surface area contributed by atoms with E-state index in [9.17, 15) is 0 Å². The van der Waals surface area contributed by atoms with Gasteiger partial charge >= 0.3 is 0 Å². The number of benzene rings is 1. The zero-order valence-corrected chi connectivity index (χ0v) is 15.6. The Morgan fingerprint density at radius 3 is 2.52 bits per heavy atom. The summed E-state index contributed by atoms with van der Waals surface area (Å²) in [6.45, 7) is 4.56. The van der Waals surface area contributed by atoms with Crippen LogP contribution in [0.1, 0.15) is 43.4 Å². The van der Waals surface area contributed by atoms with Crippen molar-refractivity contribution in [1.29, 1.82) is 0 Å². The Morgan fingerprint density at radius 2 is 2.00 bits per heavy atom. The Bertz CT molecular complexity index is 661. The molecule has 0 unspecified atom stereocenters. The average molecular weight is 359 g/mol. The third kappa shape index (κ3) is 5.55. The van der Waals surface area contributed by atoms with Crippen LogP contribution in [0.5, 0.6) is 0 Å². The van der Waals surface area contributed by atoms with Crippen LogP contribution in [-0.4, -0.2) is 23.8 Å². The van der Waals surface area contributed by atoms with Gasteiger partial charge in [-0.3, -0.25) is 0 Å². The number of nitrogens with zero attached hydrogens (tertiary/aromatic N) is 2. The lowest BCUT2D eigenvalue weighted by Crippen LogP contribution is -2.38. The maximum atomic E-state index is 6.11. The molecular formula is C20H27ClN4. The van der Waals surface area contributed by atoms with E-state index in [-0.39, 0.29) is 0 Å². The van der Waals surface area contributed by atoms with Gasteiger partial charge in [-0.15, -0.1) is 5.10 Å². The molecular weight excluding hydrogens is 332 g/mol. The number of hydrogen-bond acceptors (Lipinski definition) is 4. The van der Waals surface area contributed by atoms with Gasteiger partial charge in [-0.1, -0.05) is 49.6 Å². The van der Waals surface area contributed by atoms with E-state index in [1.807, 2.05) is 13.1 Å². The lowest BCUT2D eigenvalue weighted by molar-refractivity contribution is 0.286. The van der Waals surface area contributed by atoms with Crippen molar-refractivity contribution in [3.8, 4) is 0 Å². The van der Waals surface area contributed by atoms with E-state index in [1.165, 1.54) is 37.7 Å². The molecule has 1 fully saturated rings. The van der Waals surface area contributed by atoms with Gasteiger partial charge in [0.05, 0.1) is 5.70 Å². The van der Waals surface area contributed by atoms with Crippen molar-refractivity contribution in [3.05, 3.63) is 65.5 Å². The normalized spacial score (nSPS) is 15.8. The number of halogens is 1. The number of likely N-dealkylation sites (N-methyl/N-ethyl adjacent to an activating group) is 1. The Kier molecular flexibility index (Phi) is 7.41. The topological polar surface area (TPSA) is 63.8 Å². The van der Waals surface area contributed by atoms with Gasteiger partial charge in [-0.2, -0.15) is 5.10 Å². The molecule has 134 valence electrons. The fourth-order valence-corrected chi connectivity index (χ4v) is 3.62. The van der Waals surface area contributed by atoms with Crippen LogP contribution < -0.4 is 11.1 Å². The SMILES string of the molecule is C=C(N)c1cccnn1.CNCC1(c2cccc(Cl)c2)CCCCC1. The molecule has 2 aromatic rings. The second-order valence-corrected chi connectivity index (χ2v) is 6.95. The van der Waals surface area contributed by atoms with Gasteiger partial charge in [0.1, 0.15) is 5.69 Å². The Hall–Kier alpha value is -1.91. The molecule has 5 heteroatoms. The van der Waals surface area contributed by atoms with Gasteiger partial charge in [0, 0.05) is 23.2 Å². The highest BCUT2D eigenvalue weighted by molar-refractivity contribution is 6.30. The second-order valence-electron chi connectivity index (χ2n) is 6.52. The minimum atomic E-state index is 0.317. The third-order valence-electron chi connectivity index (χ3n) is 4.66. The van der Waals surface area contributed by atoms with Crippen molar-refractivity contribution < 1.29 is 0 Å². The van der Waals surface area contributed by atoms with Crippen molar-refractivity contribution in [2.75, 3.05) is 13.6 Å². The quantitative estimate of drug-likeness (QED) is 0.861. The molecule has 3 rings (SSSR count). The lowest BCUT2D eigenvalue weighted by Gasteiger charge is -2.38. The van der Waals surface area contributed by atoms with Crippen LogP contribution in [-0.2, 0) is 5.41 Å². The first-order chi connectivity index (χ1) is 12.1. The molecule has 1 aliphatic carbocycles. The maximum Gasteiger partial charge on any atom is 0.108 e. The van der Waals surface area contributed by atoms with Crippen LogP contribution in [0.2, 0.25) is 5.02 Å². The van der Waals surface area contributed by atoms with Crippen molar-refractivity contribution in [2.45, 2.75) is 37.5 Å². The van der Waals surface area contributed by atoms with E-state index >= 15 is 0 Å². The summed E-state index contributed by atoms with van der Waals surface area (Å²) >= 11 is 6.11. The van der Waals surface area contributed by atoms with E-state index in [0.29, 0.717) is 16.8 Å². The molecule has 25 heavy (non-hydrogen) atoms. The number of nitrogens with two attached hydrogens (primary N) is 1. The zero-order valence-electron chi connectivity index (χ0n) is 14.8. The van der Waals surface area contributed by atoms with Gasteiger partial charge in [-0.25, -0.2) is 0 Å². The highest BCUT2D eigenvalue weighted by atomic mass is 35.5. The summed E-state index contributed by atoms with van der Waals surface area (Å²) in [6, 6.07) is 11.9. The fraction of sp³-hybridized carbons (Fsp3) is 0.400. The summed E-state index contributed by atoms with van der Waals surface area (Å²) in [7, 11) is 2.04. The highest BCUT2D eigenvalue weighted by Gasteiger charge is 2.33. The van der Waals surface area contributed by atoms with Gasteiger partial charge in [0.2, 0.25) is 0 Å². The summed E-state index contributed by atoms with van der Waals surface area (Å²) < 4.78 is 0. The molecule has 0 atom stereocenters. The van der Waals surface area contributed by atoms with Gasteiger partial charge < -0.3 is 11.1 Å². The number of rotatable bonds is 4. The standard InChI is InChI=1S/C14H20ClN.C6H7N3/c1-16-11-14(8-3-2-4-9-14)12-6-5-7-13(15)10-12;1-5(7)6-3-2-4-8-9-6/h5-7,10,16H,2-4,8-9,11H2,1H3;2-4H,1,7H2. The molecule has 1 aromatic carbocycles. The van der Waals surface area contributed by atoms with Crippen LogP contribution in [0.4, 0.5) is 0 Å². The molecule has 1 heterocycles. The number of aromatic nitrogens is 2. The van der Waals surface area contributed by atoms with Gasteiger partial charge in [0.25, 0.3) is 0 Å². The van der Waals surface area contributed by atoms with Gasteiger partial charge in [0.15, 0.2) is 0 Å². The van der Waals surface area contributed by atoms with Crippen LogP contribution >= 0.6 is 11.6 Å². The largest absolute Gasteiger partial charge is 0.397 e. The molecule has 1 aliphatic rings. The van der Waals surface area contributed by atoms with E-state index in [4.69, 9.17) is 17.3 Å². The van der Waals surface area contributed by atoms with Crippen molar-refractivity contribution in [1.82, 2.24) is 15.5 Å². The molecule has 0 saturated heterocycles. The van der Waals surface area contributed by atoms with E-state index in [0.717, 1.165) is 11.6 Å². The molecule has 0 bridgehead atoms. The molecule has 3 N–H and O–H groups in total. The molecule has 0 amide bonds. The Labute approximate surface area is 155 Å². The molecule has 1 saturated carbocycles. The first kappa shape index (κ1) is 19.4. The lowest BCUT2D eigenvalue weighted by atomic mass is 9.69. The summed E-state index contributed by atoms with van der Waals surface area (Å²) in [5, 5.41) is 11.5. The predicted molar refractivity (Wildman–Crippen MR) is 105 cm³/mol. The van der Waals surface area contributed by atoms with Crippen LogP contribution in [0, 0.1) is 0 Å². The Balaban J connectivity index is 0.000000212. The van der Waals surface area contributed by atoms with E-state index in [1.54, 1.807) is 18.3 Å². The fourth-order valence-electron chi connectivity index (χ4n) is 3.43. The minimum Gasteiger partial charge on any atom is -0.397 e. The van der Waals surface area contributed by atoms with Crippen LogP contribution in [0.3, 0.4) is 0 Å². The summed E-state index contributed by atoms with van der Waals surface area (Å²) in [4.78, 5) is 0. The molecule has 0 spiro atoms. The number of hydrogen-bond donors (Lipinski definition) is 2. The highest BCUT2D eigenvalue weighted by Crippen LogP contribution is 2.39. The van der Waals surface area contributed by atoms with Crippen molar-refractivity contribution >= 4 is 17.3 Å². The Morgan fingerprint density at radius 1 is 1.24 bits per heavy atom. The van der Waals surface area contributed by atoms with Crippen LogP contribution in [0.25, 0.3) is 5.70 Å². The van der Waals surface area contributed by atoms with E-state index < -0.39 is 0 Å². The summed E-state index contributed by atoms with van der Waals surface area (Å²) in [5.74, 6) is 0. The van der Waals surface area contributed by atoms with Crippen molar-refractivity contribution in [2.24, 2.45) is 5.73 Å². The minimum absolute atomic E-state index is 0.317. The molecule has 1 aromatic heterocycles. The van der Waals surface area contributed by atoms with Crippen molar-refractivity contribution in [3.63, 3.8) is 0 Å². The van der Waals surface area contributed by atoms with Crippen LogP contribution in [0.15, 0.2) is 49.2 Å². The van der Waals surface area contributed by atoms with Gasteiger partial charge in [-0.05, 0) is 49.7 Å². The first-order valence-corrected chi connectivity index (χ1v) is 9.08. The summed E-state index contributed by atoms with van der Waals surface area (Å²) in [5.41, 5.74) is 8.13. The van der Waals surface area contributed by atoms with E-state index in [2.05, 4.69) is 40.3 Å². The molecule has 4 nitrogen and oxygen atoms in total. The maximum absolute atomic E-state index is 6.11. The smallest absolute Gasteiger partial charge is 0.108 e. The third-order valence-corrected chi connectivity index (χ3v) is 4.90. The zero-order chi connectivity index (χ0) is 18.1.